The third-order valence-corrected chi connectivity index (χ3v) is 4.42. The van der Waals surface area contributed by atoms with Gasteiger partial charge in [0.1, 0.15) is 0 Å². The zero-order valence-corrected chi connectivity index (χ0v) is 14.5. The van der Waals surface area contributed by atoms with Crippen LogP contribution in [-0.4, -0.2) is 60.4 Å². The second-order valence-corrected chi connectivity index (χ2v) is 8.01. The minimum absolute atomic E-state index is 0.104. The highest BCUT2D eigenvalue weighted by atomic mass is 16.2. The van der Waals surface area contributed by atoms with Gasteiger partial charge in [-0.1, -0.05) is 0 Å². The Kier molecular flexibility index (Phi) is 5.48. The van der Waals surface area contributed by atoms with Crippen LogP contribution in [0.4, 0.5) is 0 Å². The molecule has 1 saturated heterocycles. The van der Waals surface area contributed by atoms with Crippen molar-refractivity contribution in [3.05, 3.63) is 0 Å². The SMILES string of the molecule is CN(CC1CCN(CC(=O)NC(C)(C)C)CC1)C(=O)C1CC1. The molecule has 2 fully saturated rings. The van der Waals surface area contributed by atoms with Gasteiger partial charge in [0.05, 0.1) is 6.54 Å². The van der Waals surface area contributed by atoms with Crippen LogP contribution < -0.4 is 5.32 Å². The molecule has 2 amide bonds. The molecule has 1 N–H and O–H groups in total. The summed E-state index contributed by atoms with van der Waals surface area (Å²) in [7, 11) is 1.93. The molecule has 0 radical (unpaired) electrons. The van der Waals surface area contributed by atoms with Crippen molar-refractivity contribution in [2.45, 2.75) is 52.0 Å². The maximum Gasteiger partial charge on any atom is 0.234 e. The van der Waals surface area contributed by atoms with E-state index in [0.29, 0.717) is 24.3 Å². The molecule has 0 aromatic carbocycles. The molecule has 0 unspecified atom stereocenters. The average Bonchev–Trinajstić information content (AvgIpc) is 3.22. The van der Waals surface area contributed by atoms with Gasteiger partial charge >= 0.3 is 0 Å². The van der Waals surface area contributed by atoms with Crippen LogP contribution in [-0.2, 0) is 9.59 Å². The first-order chi connectivity index (χ1) is 10.2. The predicted molar refractivity (Wildman–Crippen MR) is 87.4 cm³/mol. The van der Waals surface area contributed by atoms with Gasteiger partial charge in [-0.2, -0.15) is 0 Å². The summed E-state index contributed by atoms with van der Waals surface area (Å²) in [5, 5.41) is 3.01. The van der Waals surface area contributed by atoms with E-state index in [1.165, 1.54) is 0 Å². The lowest BCUT2D eigenvalue weighted by Gasteiger charge is -2.34. The summed E-state index contributed by atoms with van der Waals surface area (Å²) in [6.07, 6.45) is 4.30. The molecule has 5 heteroatoms. The van der Waals surface area contributed by atoms with Gasteiger partial charge in [0.2, 0.25) is 11.8 Å². The average molecular weight is 309 g/mol. The van der Waals surface area contributed by atoms with Crippen LogP contribution in [0.25, 0.3) is 0 Å². The molecule has 2 rings (SSSR count). The number of amides is 2. The minimum atomic E-state index is -0.165. The van der Waals surface area contributed by atoms with E-state index in [0.717, 1.165) is 45.3 Å². The molecule has 1 heterocycles. The van der Waals surface area contributed by atoms with E-state index in [-0.39, 0.29) is 11.4 Å². The number of nitrogens with one attached hydrogen (secondary N) is 1. The zero-order chi connectivity index (χ0) is 16.3. The smallest absolute Gasteiger partial charge is 0.234 e. The first kappa shape index (κ1) is 17.3. The lowest BCUT2D eigenvalue weighted by atomic mass is 9.96. The van der Waals surface area contributed by atoms with Crippen LogP contribution in [0.2, 0.25) is 0 Å². The van der Waals surface area contributed by atoms with Crippen molar-refractivity contribution in [1.29, 1.82) is 0 Å². The summed E-state index contributed by atoms with van der Waals surface area (Å²) >= 11 is 0. The van der Waals surface area contributed by atoms with E-state index < -0.39 is 0 Å². The van der Waals surface area contributed by atoms with Crippen molar-refractivity contribution in [3.8, 4) is 0 Å². The second-order valence-electron chi connectivity index (χ2n) is 8.01. The Morgan fingerprint density at radius 1 is 1.14 bits per heavy atom. The van der Waals surface area contributed by atoms with Gasteiger partial charge in [-0.15, -0.1) is 0 Å². The van der Waals surface area contributed by atoms with E-state index in [4.69, 9.17) is 0 Å². The third-order valence-electron chi connectivity index (χ3n) is 4.42. The zero-order valence-electron chi connectivity index (χ0n) is 14.5. The van der Waals surface area contributed by atoms with Gasteiger partial charge in [-0.25, -0.2) is 0 Å². The number of piperidine rings is 1. The molecule has 0 atom stereocenters. The Bertz CT molecular complexity index is 405. The van der Waals surface area contributed by atoms with Crippen molar-refractivity contribution in [1.82, 2.24) is 15.1 Å². The second kappa shape index (κ2) is 6.99. The lowest BCUT2D eigenvalue weighted by Crippen LogP contribution is -2.48. The fraction of sp³-hybridized carbons (Fsp3) is 0.882. The highest BCUT2D eigenvalue weighted by molar-refractivity contribution is 5.80. The van der Waals surface area contributed by atoms with Crippen LogP contribution in [0.3, 0.4) is 0 Å². The molecule has 1 aliphatic heterocycles. The van der Waals surface area contributed by atoms with Gasteiger partial charge in [-0.3, -0.25) is 14.5 Å². The number of carbonyl (C=O) groups excluding carboxylic acids is 2. The molecule has 2 aliphatic rings. The van der Waals surface area contributed by atoms with Crippen molar-refractivity contribution in [3.63, 3.8) is 0 Å². The number of nitrogens with zero attached hydrogens (tertiary/aromatic N) is 2. The number of hydrogen-bond donors (Lipinski definition) is 1. The van der Waals surface area contributed by atoms with Gasteiger partial charge in [-0.05, 0) is 65.5 Å². The normalized spacial score (nSPS) is 20.7. The Hall–Kier alpha value is -1.10. The summed E-state index contributed by atoms with van der Waals surface area (Å²) in [6, 6.07) is 0. The van der Waals surface area contributed by atoms with Crippen LogP contribution >= 0.6 is 0 Å². The lowest BCUT2D eigenvalue weighted by molar-refractivity contribution is -0.132. The number of likely N-dealkylation sites (tertiary alicyclic amines) is 1. The Morgan fingerprint density at radius 3 is 2.23 bits per heavy atom. The first-order valence-corrected chi connectivity index (χ1v) is 8.53. The minimum Gasteiger partial charge on any atom is -0.350 e. The third kappa shape index (κ3) is 5.59. The fourth-order valence-electron chi connectivity index (χ4n) is 3.11. The fourth-order valence-corrected chi connectivity index (χ4v) is 3.11. The highest BCUT2D eigenvalue weighted by Gasteiger charge is 2.33. The molecule has 22 heavy (non-hydrogen) atoms. The van der Waals surface area contributed by atoms with Gasteiger partial charge in [0.25, 0.3) is 0 Å². The van der Waals surface area contributed by atoms with Crippen molar-refractivity contribution < 1.29 is 9.59 Å². The van der Waals surface area contributed by atoms with E-state index in [1.54, 1.807) is 0 Å². The first-order valence-electron chi connectivity index (χ1n) is 8.53. The summed E-state index contributed by atoms with van der Waals surface area (Å²) in [4.78, 5) is 28.1. The molecule has 1 aliphatic carbocycles. The highest BCUT2D eigenvalue weighted by Crippen LogP contribution is 2.31. The van der Waals surface area contributed by atoms with Gasteiger partial charge in [0, 0.05) is 25.0 Å². The largest absolute Gasteiger partial charge is 0.350 e. The number of rotatable bonds is 5. The molecular weight excluding hydrogens is 278 g/mol. The predicted octanol–water partition coefficient (Wildman–Crippen LogP) is 1.48. The molecular formula is C17H31N3O2. The summed E-state index contributed by atoms with van der Waals surface area (Å²) in [5.41, 5.74) is -0.165. The van der Waals surface area contributed by atoms with Crippen molar-refractivity contribution in [2.24, 2.45) is 11.8 Å². The van der Waals surface area contributed by atoms with Crippen molar-refractivity contribution >= 4 is 11.8 Å². The molecule has 0 aromatic rings. The van der Waals surface area contributed by atoms with Gasteiger partial charge < -0.3 is 10.2 Å². The maximum absolute atomic E-state index is 12.0. The van der Waals surface area contributed by atoms with Gasteiger partial charge in [0.15, 0.2) is 0 Å². The van der Waals surface area contributed by atoms with Crippen LogP contribution in [0.1, 0.15) is 46.5 Å². The molecule has 0 aromatic heterocycles. The molecule has 126 valence electrons. The van der Waals surface area contributed by atoms with Crippen LogP contribution in [0, 0.1) is 11.8 Å². The quantitative estimate of drug-likeness (QED) is 0.837. The monoisotopic (exact) mass is 309 g/mol. The van der Waals surface area contributed by atoms with E-state index >= 15 is 0 Å². The Morgan fingerprint density at radius 2 is 1.73 bits per heavy atom. The maximum atomic E-state index is 12.0. The molecule has 1 saturated carbocycles. The summed E-state index contributed by atoms with van der Waals surface area (Å²) in [5.74, 6) is 1.32. The number of carbonyl (C=O) groups is 2. The van der Waals surface area contributed by atoms with E-state index in [2.05, 4.69) is 10.2 Å². The van der Waals surface area contributed by atoms with E-state index in [1.807, 2.05) is 32.7 Å². The Labute approximate surface area is 134 Å². The topological polar surface area (TPSA) is 52.6 Å². The molecule has 5 nitrogen and oxygen atoms in total. The Balaban J connectivity index is 1.67. The van der Waals surface area contributed by atoms with Crippen molar-refractivity contribution in [2.75, 3.05) is 33.2 Å². The van der Waals surface area contributed by atoms with Crippen LogP contribution in [0.5, 0.6) is 0 Å². The number of hydrogen-bond acceptors (Lipinski definition) is 3. The standard InChI is InChI=1S/C17H31N3O2/c1-17(2,3)18-15(21)12-20-9-7-13(8-10-20)11-19(4)16(22)14-5-6-14/h13-14H,5-12H2,1-4H3,(H,18,21). The molecule has 0 spiro atoms. The molecule has 0 bridgehead atoms. The summed E-state index contributed by atoms with van der Waals surface area (Å²) in [6.45, 7) is 9.27. The van der Waals surface area contributed by atoms with Crippen LogP contribution in [0.15, 0.2) is 0 Å². The summed E-state index contributed by atoms with van der Waals surface area (Å²) < 4.78 is 0. The van der Waals surface area contributed by atoms with E-state index in [9.17, 15) is 9.59 Å².